The first-order valence-electron chi connectivity index (χ1n) is 11.3. The third-order valence-electron chi connectivity index (χ3n) is 6.45. The number of hydrogen-bond donors (Lipinski definition) is 4. The molecule has 2 aromatic carbocycles. The maximum absolute atomic E-state index is 13.5. The molecule has 1 aliphatic heterocycles. The minimum absolute atomic E-state index is 0.0859. The zero-order valence-electron chi connectivity index (χ0n) is 19.0. The van der Waals surface area contributed by atoms with Gasteiger partial charge in [0, 0.05) is 31.4 Å². The molecule has 1 aliphatic carbocycles. The first kappa shape index (κ1) is 24.0. The van der Waals surface area contributed by atoms with Crippen LogP contribution >= 0.6 is 0 Å². The fourth-order valence-corrected chi connectivity index (χ4v) is 5.19. The Bertz CT molecular complexity index is 1150. The van der Waals surface area contributed by atoms with Gasteiger partial charge in [0.2, 0.25) is 15.9 Å². The maximum atomic E-state index is 13.5. The zero-order chi connectivity index (χ0) is 24.3. The fraction of sp³-hybridized carbons (Fsp3) is 0.417. The third-order valence-corrected chi connectivity index (χ3v) is 7.06. The molecule has 2 aliphatic rings. The quantitative estimate of drug-likeness (QED) is 0.431. The van der Waals surface area contributed by atoms with E-state index in [9.17, 15) is 18.0 Å². The average Bonchev–Trinajstić information content (AvgIpc) is 3.48. The van der Waals surface area contributed by atoms with E-state index in [0.717, 1.165) is 30.3 Å². The van der Waals surface area contributed by atoms with E-state index in [4.69, 9.17) is 5.11 Å². The molecule has 2 aromatic rings. The molecular weight excluding hydrogens is 456 g/mol. The highest BCUT2D eigenvalue weighted by molar-refractivity contribution is 7.92. The molecule has 0 aromatic heterocycles. The second kappa shape index (κ2) is 9.63. The second-order valence-electron chi connectivity index (χ2n) is 9.17. The summed E-state index contributed by atoms with van der Waals surface area (Å²) in [6.07, 6.45) is 2.18. The molecule has 1 saturated heterocycles. The van der Waals surface area contributed by atoms with Crippen molar-refractivity contribution in [2.75, 3.05) is 30.6 Å². The van der Waals surface area contributed by atoms with E-state index in [1.165, 1.54) is 0 Å². The lowest BCUT2D eigenvalue weighted by Crippen LogP contribution is -2.43. The topological polar surface area (TPSA) is 128 Å². The van der Waals surface area contributed by atoms with Crippen molar-refractivity contribution in [3.8, 4) is 0 Å². The van der Waals surface area contributed by atoms with Gasteiger partial charge in [-0.05, 0) is 42.5 Å². The Kier molecular flexibility index (Phi) is 6.81. The molecule has 10 heteroatoms. The molecule has 0 radical (unpaired) electrons. The van der Waals surface area contributed by atoms with E-state index in [0.29, 0.717) is 31.6 Å². The Morgan fingerprint density at radius 3 is 2.53 bits per heavy atom. The largest absolute Gasteiger partial charge is 0.465 e. The third kappa shape index (κ3) is 5.87. The molecule has 0 unspecified atom stereocenters. The number of carbonyl (C=O) groups excluding carboxylic acids is 1. The summed E-state index contributed by atoms with van der Waals surface area (Å²) >= 11 is 0. The molecule has 9 nitrogen and oxygen atoms in total. The molecule has 2 amide bonds. The van der Waals surface area contributed by atoms with Gasteiger partial charge in [-0.1, -0.05) is 42.5 Å². The number of nitrogens with one attached hydrogen (secondary N) is 3. The van der Waals surface area contributed by atoms with Crippen molar-refractivity contribution >= 4 is 27.7 Å². The molecule has 182 valence electrons. The van der Waals surface area contributed by atoms with E-state index in [2.05, 4.69) is 20.3 Å². The van der Waals surface area contributed by atoms with Gasteiger partial charge in [0.25, 0.3) is 0 Å². The van der Waals surface area contributed by atoms with Crippen LogP contribution in [0.25, 0.3) is 0 Å². The number of anilines is 1. The van der Waals surface area contributed by atoms with E-state index in [1.807, 2.05) is 36.4 Å². The van der Waals surface area contributed by atoms with Gasteiger partial charge in [0.15, 0.2) is 0 Å². The van der Waals surface area contributed by atoms with Gasteiger partial charge >= 0.3 is 6.09 Å². The first-order valence-corrected chi connectivity index (χ1v) is 13.2. The van der Waals surface area contributed by atoms with Crippen molar-refractivity contribution in [1.29, 1.82) is 0 Å². The van der Waals surface area contributed by atoms with Crippen LogP contribution < -0.4 is 15.4 Å². The molecule has 2 atom stereocenters. The maximum Gasteiger partial charge on any atom is 0.404 e. The van der Waals surface area contributed by atoms with Crippen LogP contribution in [-0.2, 0) is 20.2 Å². The SMILES string of the molecule is CS(=O)(=O)Nc1cccc(C2(C(=O)N[C@H](CN3CC[C@H](NC(=O)O)C3)c3ccccc3)CC2)c1. The molecule has 4 rings (SSSR count). The van der Waals surface area contributed by atoms with Crippen LogP contribution in [0.3, 0.4) is 0 Å². The Labute approximate surface area is 199 Å². The Morgan fingerprint density at radius 1 is 1.15 bits per heavy atom. The molecular formula is C24H30N4O5S. The van der Waals surface area contributed by atoms with Crippen LogP contribution in [0, 0.1) is 0 Å². The molecule has 1 saturated carbocycles. The smallest absolute Gasteiger partial charge is 0.404 e. The van der Waals surface area contributed by atoms with Crippen LogP contribution in [0.15, 0.2) is 54.6 Å². The summed E-state index contributed by atoms with van der Waals surface area (Å²) in [6, 6.07) is 16.4. The highest BCUT2D eigenvalue weighted by Crippen LogP contribution is 2.49. The predicted octanol–water partition coefficient (Wildman–Crippen LogP) is 2.29. The minimum atomic E-state index is -3.42. The van der Waals surface area contributed by atoms with E-state index < -0.39 is 21.5 Å². The van der Waals surface area contributed by atoms with Crippen molar-refractivity contribution in [2.24, 2.45) is 0 Å². The van der Waals surface area contributed by atoms with Gasteiger partial charge in [-0.15, -0.1) is 0 Å². The summed E-state index contributed by atoms with van der Waals surface area (Å²) in [6.45, 7) is 1.91. The molecule has 2 fully saturated rings. The zero-order valence-corrected chi connectivity index (χ0v) is 19.8. The highest BCUT2D eigenvalue weighted by Gasteiger charge is 2.51. The van der Waals surface area contributed by atoms with Crippen LogP contribution in [0.4, 0.5) is 10.5 Å². The number of carboxylic acid groups (broad SMARTS) is 1. The summed E-state index contributed by atoms with van der Waals surface area (Å²) in [5.74, 6) is -0.0859. The number of carbonyl (C=O) groups is 2. The lowest BCUT2D eigenvalue weighted by Gasteiger charge is -2.27. The van der Waals surface area contributed by atoms with Crippen molar-refractivity contribution in [1.82, 2.24) is 15.5 Å². The van der Waals surface area contributed by atoms with Crippen LogP contribution in [0.2, 0.25) is 0 Å². The van der Waals surface area contributed by atoms with Gasteiger partial charge in [-0.3, -0.25) is 14.4 Å². The molecule has 0 spiro atoms. The minimum Gasteiger partial charge on any atom is -0.465 e. The first-order chi connectivity index (χ1) is 16.1. The normalized spacial score (nSPS) is 20.3. The van der Waals surface area contributed by atoms with E-state index in [-0.39, 0.29) is 18.0 Å². The molecule has 0 bridgehead atoms. The number of rotatable bonds is 9. The Hall–Kier alpha value is -3.11. The number of amides is 2. The number of likely N-dealkylation sites (tertiary alicyclic amines) is 1. The van der Waals surface area contributed by atoms with Crippen LogP contribution in [0.5, 0.6) is 0 Å². The average molecular weight is 487 g/mol. The van der Waals surface area contributed by atoms with Gasteiger partial charge in [0.05, 0.1) is 17.7 Å². The summed E-state index contributed by atoms with van der Waals surface area (Å²) in [4.78, 5) is 26.7. The summed E-state index contributed by atoms with van der Waals surface area (Å²) < 4.78 is 25.7. The number of sulfonamides is 1. The van der Waals surface area contributed by atoms with Crippen molar-refractivity contribution in [3.63, 3.8) is 0 Å². The number of benzene rings is 2. The van der Waals surface area contributed by atoms with Crippen molar-refractivity contribution in [3.05, 3.63) is 65.7 Å². The second-order valence-corrected chi connectivity index (χ2v) is 10.9. The summed E-state index contributed by atoms with van der Waals surface area (Å²) in [5.41, 5.74) is 1.53. The van der Waals surface area contributed by atoms with Gasteiger partial charge in [-0.25, -0.2) is 13.2 Å². The number of nitrogens with zero attached hydrogens (tertiary/aromatic N) is 1. The molecule has 34 heavy (non-hydrogen) atoms. The van der Waals surface area contributed by atoms with E-state index >= 15 is 0 Å². The number of hydrogen-bond acceptors (Lipinski definition) is 5. The van der Waals surface area contributed by atoms with Gasteiger partial charge < -0.3 is 15.7 Å². The lowest BCUT2D eigenvalue weighted by molar-refractivity contribution is -0.124. The van der Waals surface area contributed by atoms with E-state index in [1.54, 1.807) is 18.2 Å². The monoisotopic (exact) mass is 486 g/mol. The standard InChI is InChI=1S/C24H30N4O5S/c1-34(32,33)27-19-9-5-8-18(14-19)24(11-12-24)22(29)26-21(17-6-3-2-4-7-17)16-28-13-10-20(15-28)25-23(30)31/h2-9,14,20-21,25,27H,10-13,15-16H2,1H3,(H,26,29)(H,30,31)/t20-,21+/m0/s1. The van der Waals surface area contributed by atoms with Gasteiger partial charge in [-0.2, -0.15) is 0 Å². The molecule has 4 N–H and O–H groups in total. The van der Waals surface area contributed by atoms with Crippen LogP contribution in [-0.4, -0.2) is 62.4 Å². The summed E-state index contributed by atoms with van der Waals surface area (Å²) in [7, 11) is -3.42. The van der Waals surface area contributed by atoms with Crippen LogP contribution in [0.1, 0.15) is 36.4 Å². The predicted molar refractivity (Wildman–Crippen MR) is 129 cm³/mol. The summed E-state index contributed by atoms with van der Waals surface area (Å²) in [5, 5.41) is 14.8. The van der Waals surface area contributed by atoms with Gasteiger partial charge in [0.1, 0.15) is 0 Å². The Morgan fingerprint density at radius 2 is 1.88 bits per heavy atom. The highest BCUT2D eigenvalue weighted by atomic mass is 32.2. The molecule has 1 heterocycles. The lowest BCUT2D eigenvalue weighted by atomic mass is 9.93. The van der Waals surface area contributed by atoms with Crippen molar-refractivity contribution < 1.29 is 23.1 Å². The fourth-order valence-electron chi connectivity index (χ4n) is 4.63. The van der Waals surface area contributed by atoms with Crippen molar-refractivity contribution in [2.45, 2.75) is 36.8 Å². The Balaban J connectivity index is 1.50.